The second kappa shape index (κ2) is 7.20. The van der Waals surface area contributed by atoms with E-state index in [1.165, 1.54) is 0 Å². The van der Waals surface area contributed by atoms with Crippen LogP contribution in [-0.2, 0) is 11.4 Å². The number of hydrogen-bond acceptors (Lipinski definition) is 3. The highest BCUT2D eigenvalue weighted by Gasteiger charge is 2.26. The number of aryl methyl sites for hydroxylation is 1. The van der Waals surface area contributed by atoms with Crippen molar-refractivity contribution in [3.05, 3.63) is 59.7 Å². The third-order valence-electron chi connectivity index (χ3n) is 3.24. The fourth-order valence-corrected chi connectivity index (χ4v) is 2.52. The van der Waals surface area contributed by atoms with E-state index >= 15 is 0 Å². The number of rotatable bonds is 4. The lowest BCUT2D eigenvalue weighted by Gasteiger charge is -2.18. The summed E-state index contributed by atoms with van der Waals surface area (Å²) in [6.45, 7) is 9.65. The van der Waals surface area contributed by atoms with Gasteiger partial charge in [0.15, 0.2) is 0 Å². The molecule has 0 spiro atoms. The van der Waals surface area contributed by atoms with Crippen LogP contribution in [0, 0.1) is 6.92 Å². The summed E-state index contributed by atoms with van der Waals surface area (Å²) in [5.74, 6) is 1.58. The molecule has 3 nitrogen and oxygen atoms in total. The summed E-state index contributed by atoms with van der Waals surface area (Å²) in [5, 5.41) is 0. The maximum Gasteiger partial charge on any atom is 0.144 e. The minimum absolute atomic E-state index is 0.352. The first-order valence-electron chi connectivity index (χ1n) is 7.58. The lowest BCUT2D eigenvalue weighted by atomic mass is 10.1. The summed E-state index contributed by atoms with van der Waals surface area (Å²) in [6.07, 6.45) is 0. The minimum Gasteiger partial charge on any atom is -0.591 e. The SMILES string of the molecule is C/C(=N\[S@@+]([O-])C(C)(C)C)c1ccc(Oc2cccc(C)c2)cc1. The summed E-state index contributed by atoms with van der Waals surface area (Å²) in [5.41, 5.74) is 2.87. The van der Waals surface area contributed by atoms with Crippen molar-refractivity contribution in [2.45, 2.75) is 39.4 Å². The largest absolute Gasteiger partial charge is 0.591 e. The van der Waals surface area contributed by atoms with E-state index < -0.39 is 11.4 Å². The van der Waals surface area contributed by atoms with Crippen LogP contribution < -0.4 is 4.74 Å². The van der Waals surface area contributed by atoms with E-state index in [0.29, 0.717) is 0 Å². The van der Waals surface area contributed by atoms with Crippen molar-refractivity contribution in [1.29, 1.82) is 0 Å². The topological polar surface area (TPSA) is 44.7 Å². The highest BCUT2D eigenvalue weighted by Crippen LogP contribution is 2.23. The van der Waals surface area contributed by atoms with Gasteiger partial charge in [-0.25, -0.2) is 0 Å². The Kier molecular flexibility index (Phi) is 5.50. The van der Waals surface area contributed by atoms with Gasteiger partial charge in [-0.15, -0.1) is 0 Å². The Morgan fingerprint density at radius 2 is 1.70 bits per heavy atom. The van der Waals surface area contributed by atoms with Crippen molar-refractivity contribution in [3.63, 3.8) is 0 Å². The first kappa shape index (κ1) is 17.6. The molecule has 0 amide bonds. The van der Waals surface area contributed by atoms with Gasteiger partial charge in [-0.05, 0) is 76.6 Å². The summed E-state index contributed by atoms with van der Waals surface area (Å²) in [7, 11) is 0. The van der Waals surface area contributed by atoms with Gasteiger partial charge in [0.25, 0.3) is 0 Å². The molecule has 4 heteroatoms. The van der Waals surface area contributed by atoms with Crippen LogP contribution in [0.3, 0.4) is 0 Å². The third kappa shape index (κ3) is 5.12. The second-order valence-electron chi connectivity index (χ2n) is 6.48. The van der Waals surface area contributed by atoms with Crippen molar-refractivity contribution >= 4 is 17.1 Å². The number of nitrogens with zero attached hydrogens (tertiary/aromatic N) is 1. The minimum atomic E-state index is -1.25. The highest BCUT2D eigenvalue weighted by atomic mass is 32.2. The average molecular weight is 329 g/mol. The zero-order valence-corrected chi connectivity index (χ0v) is 15.1. The Morgan fingerprint density at radius 3 is 2.26 bits per heavy atom. The maximum absolute atomic E-state index is 12.1. The molecule has 0 aromatic heterocycles. The Bertz CT molecular complexity index is 687. The molecule has 2 aromatic carbocycles. The molecule has 2 rings (SSSR count). The first-order chi connectivity index (χ1) is 10.8. The van der Waals surface area contributed by atoms with Crippen LogP contribution in [-0.4, -0.2) is 15.0 Å². The second-order valence-corrected chi connectivity index (χ2v) is 8.39. The van der Waals surface area contributed by atoms with Crippen molar-refractivity contribution in [2.75, 3.05) is 0 Å². The molecule has 0 bridgehead atoms. The summed E-state index contributed by atoms with van der Waals surface area (Å²) in [4.78, 5) is 0. The quantitative estimate of drug-likeness (QED) is 0.581. The van der Waals surface area contributed by atoms with Gasteiger partial charge in [0.1, 0.15) is 27.6 Å². The molecule has 0 aliphatic rings. The number of ether oxygens (including phenoxy) is 1. The Balaban J connectivity index is 2.11. The van der Waals surface area contributed by atoms with Gasteiger partial charge in [-0.3, -0.25) is 0 Å². The van der Waals surface area contributed by atoms with Crippen LogP contribution in [0.25, 0.3) is 0 Å². The molecule has 0 saturated carbocycles. The Labute approximate surface area is 141 Å². The summed E-state index contributed by atoms with van der Waals surface area (Å²) in [6, 6.07) is 15.6. The molecule has 23 heavy (non-hydrogen) atoms. The van der Waals surface area contributed by atoms with Gasteiger partial charge >= 0.3 is 0 Å². The van der Waals surface area contributed by atoms with Crippen molar-refractivity contribution in [2.24, 2.45) is 4.40 Å². The molecule has 0 aliphatic heterocycles. The lowest BCUT2D eigenvalue weighted by molar-refractivity contribution is 0.482. The highest BCUT2D eigenvalue weighted by molar-refractivity contribution is 7.91. The molecule has 0 unspecified atom stereocenters. The molecule has 0 heterocycles. The van der Waals surface area contributed by atoms with Crippen LogP contribution in [0.4, 0.5) is 0 Å². The number of benzene rings is 2. The van der Waals surface area contributed by atoms with Crippen molar-refractivity contribution in [3.8, 4) is 11.5 Å². The molecule has 0 radical (unpaired) electrons. The molecule has 0 N–H and O–H groups in total. The van der Waals surface area contributed by atoms with E-state index in [2.05, 4.69) is 4.40 Å². The lowest BCUT2D eigenvalue weighted by Crippen LogP contribution is -2.26. The van der Waals surface area contributed by atoms with Crippen LogP contribution in [0.2, 0.25) is 0 Å². The summed E-state index contributed by atoms with van der Waals surface area (Å²) < 4.78 is 21.9. The van der Waals surface area contributed by atoms with Gasteiger partial charge in [0.05, 0.1) is 5.71 Å². The maximum atomic E-state index is 12.1. The van der Waals surface area contributed by atoms with E-state index in [9.17, 15) is 4.55 Å². The molecule has 2 aromatic rings. The number of hydrogen-bond donors (Lipinski definition) is 0. The predicted octanol–water partition coefficient (Wildman–Crippen LogP) is 5.06. The fourth-order valence-electron chi connectivity index (χ4n) is 1.89. The molecule has 0 fully saturated rings. The molecular weight excluding hydrogens is 306 g/mol. The van der Waals surface area contributed by atoms with Gasteiger partial charge in [-0.1, -0.05) is 16.5 Å². The van der Waals surface area contributed by atoms with E-state index in [1.807, 2.05) is 83.1 Å². The van der Waals surface area contributed by atoms with E-state index in [4.69, 9.17) is 4.74 Å². The molecule has 0 saturated heterocycles. The summed E-state index contributed by atoms with van der Waals surface area (Å²) >= 11 is -1.25. The predicted molar refractivity (Wildman–Crippen MR) is 97.8 cm³/mol. The van der Waals surface area contributed by atoms with Gasteiger partial charge in [0.2, 0.25) is 0 Å². The average Bonchev–Trinajstić information content (AvgIpc) is 2.47. The standard InChI is InChI=1S/C19H23NO2S/c1-14-7-6-8-18(13-14)22-17-11-9-16(10-12-17)15(2)20-23(21)19(3,4)5/h6-13H,1-5H3/b20-15+/t23-/m0/s1. The monoisotopic (exact) mass is 329 g/mol. The molecule has 0 aliphatic carbocycles. The van der Waals surface area contributed by atoms with Crippen LogP contribution in [0.1, 0.15) is 38.8 Å². The van der Waals surface area contributed by atoms with Gasteiger partial charge in [0, 0.05) is 5.56 Å². The normalized spacial score (nSPS) is 13.7. The third-order valence-corrected chi connectivity index (χ3v) is 4.73. The Morgan fingerprint density at radius 1 is 1.04 bits per heavy atom. The van der Waals surface area contributed by atoms with Crippen LogP contribution >= 0.6 is 0 Å². The first-order valence-corrected chi connectivity index (χ1v) is 8.68. The zero-order chi connectivity index (χ0) is 17.0. The van der Waals surface area contributed by atoms with Crippen LogP contribution in [0.5, 0.6) is 11.5 Å². The van der Waals surface area contributed by atoms with Gasteiger partial charge < -0.3 is 9.29 Å². The smallest absolute Gasteiger partial charge is 0.144 e. The van der Waals surface area contributed by atoms with Crippen molar-refractivity contribution < 1.29 is 9.29 Å². The van der Waals surface area contributed by atoms with Crippen molar-refractivity contribution in [1.82, 2.24) is 0 Å². The van der Waals surface area contributed by atoms with Gasteiger partial charge in [-0.2, -0.15) is 0 Å². The van der Waals surface area contributed by atoms with E-state index in [1.54, 1.807) is 0 Å². The van der Waals surface area contributed by atoms with E-state index in [0.717, 1.165) is 28.3 Å². The zero-order valence-electron chi connectivity index (χ0n) is 14.3. The molecule has 122 valence electrons. The fraction of sp³-hybridized carbons (Fsp3) is 0.316. The van der Waals surface area contributed by atoms with E-state index in [-0.39, 0.29) is 4.75 Å². The van der Waals surface area contributed by atoms with Crippen LogP contribution in [0.15, 0.2) is 52.9 Å². The Hall–Kier alpha value is -1.78. The molecule has 1 atom stereocenters. The molecular formula is C19H23NO2S.